The Kier molecular flexibility index (Phi) is 8.42. The van der Waals surface area contributed by atoms with Gasteiger partial charge in [0.05, 0.1) is 20.1 Å². The number of nitrogens with one attached hydrogen (secondary N) is 1. The number of carbonyl (C=O) groups excluding carboxylic acids is 1. The van der Waals surface area contributed by atoms with Crippen molar-refractivity contribution >= 4 is 17.7 Å². The van der Waals surface area contributed by atoms with Gasteiger partial charge in [-0.25, -0.2) is 4.39 Å². The van der Waals surface area contributed by atoms with Crippen molar-refractivity contribution < 1.29 is 26.1 Å². The maximum absolute atomic E-state index is 12.9. The van der Waals surface area contributed by atoms with Crippen LogP contribution in [0.5, 0.6) is 0 Å². The van der Waals surface area contributed by atoms with Gasteiger partial charge < -0.3 is 22.2 Å². The Morgan fingerprint density at radius 2 is 1.79 bits per heavy atom. The maximum Gasteiger partial charge on any atom is 0.248 e. The second kappa shape index (κ2) is 10.6. The summed E-state index contributed by atoms with van der Waals surface area (Å²) in [5.74, 6) is -0.476. The molecule has 2 aromatic rings. The third-order valence-electron chi connectivity index (χ3n) is 5.64. The topological polar surface area (TPSA) is 29.1 Å². The van der Waals surface area contributed by atoms with Crippen LogP contribution in [0.1, 0.15) is 43.2 Å². The Balaban J connectivity index is 0.00000300. The van der Waals surface area contributed by atoms with Gasteiger partial charge in [-0.1, -0.05) is 30.7 Å². The zero-order valence-corrected chi connectivity index (χ0v) is 18.0. The van der Waals surface area contributed by atoms with Gasteiger partial charge in [0, 0.05) is 17.3 Å². The normalized spacial score (nSPS) is 15.1. The van der Waals surface area contributed by atoms with E-state index in [0.717, 1.165) is 22.3 Å². The van der Waals surface area contributed by atoms with Crippen LogP contribution in [0.3, 0.4) is 0 Å². The summed E-state index contributed by atoms with van der Waals surface area (Å²) in [7, 11) is 4.62. The van der Waals surface area contributed by atoms with Crippen LogP contribution in [0, 0.1) is 5.82 Å². The summed E-state index contributed by atoms with van der Waals surface area (Å²) < 4.78 is 13.9. The Labute approximate surface area is 179 Å². The molecule has 1 fully saturated rings. The van der Waals surface area contributed by atoms with E-state index in [-0.39, 0.29) is 24.1 Å². The molecule has 0 heterocycles. The highest BCUT2D eigenvalue weighted by molar-refractivity contribution is 6.01. The van der Waals surface area contributed by atoms with Crippen molar-refractivity contribution in [3.05, 3.63) is 71.6 Å². The SMILES string of the molecule is C[N+](C)(Cc1cccc(NC(=O)C=Cc2ccc(F)cc2)c1)C1CCCCC1.[Cl-]. The molecule has 3 nitrogen and oxygen atoms in total. The molecular formula is C24H30ClFN2O. The Morgan fingerprint density at radius 1 is 1.10 bits per heavy atom. The van der Waals surface area contributed by atoms with Crippen molar-refractivity contribution in [2.45, 2.75) is 44.7 Å². The van der Waals surface area contributed by atoms with Crippen LogP contribution in [0.15, 0.2) is 54.6 Å². The third-order valence-corrected chi connectivity index (χ3v) is 5.64. The van der Waals surface area contributed by atoms with Gasteiger partial charge in [-0.2, -0.15) is 0 Å². The number of carbonyl (C=O) groups is 1. The Hall–Kier alpha value is -2.17. The molecule has 29 heavy (non-hydrogen) atoms. The number of benzene rings is 2. The highest BCUT2D eigenvalue weighted by Crippen LogP contribution is 2.28. The van der Waals surface area contributed by atoms with Gasteiger partial charge >= 0.3 is 0 Å². The molecule has 5 heteroatoms. The van der Waals surface area contributed by atoms with Crippen LogP contribution in [0.25, 0.3) is 6.08 Å². The quantitative estimate of drug-likeness (QED) is 0.568. The average Bonchev–Trinajstić information content (AvgIpc) is 2.68. The third kappa shape index (κ3) is 6.98. The maximum atomic E-state index is 12.9. The first-order chi connectivity index (χ1) is 13.4. The van der Waals surface area contributed by atoms with Gasteiger partial charge in [0.1, 0.15) is 12.4 Å². The van der Waals surface area contributed by atoms with Crippen molar-refractivity contribution in [3.63, 3.8) is 0 Å². The van der Waals surface area contributed by atoms with Crippen molar-refractivity contribution in [3.8, 4) is 0 Å². The van der Waals surface area contributed by atoms with Gasteiger partial charge in [-0.05, 0) is 61.6 Å². The molecule has 0 bridgehead atoms. The predicted octanol–water partition coefficient (Wildman–Crippen LogP) is 2.39. The van der Waals surface area contributed by atoms with Gasteiger partial charge in [0.25, 0.3) is 0 Å². The van der Waals surface area contributed by atoms with E-state index in [1.54, 1.807) is 18.2 Å². The van der Waals surface area contributed by atoms with Crippen LogP contribution < -0.4 is 17.7 Å². The van der Waals surface area contributed by atoms with E-state index in [4.69, 9.17) is 0 Å². The molecule has 0 aliphatic heterocycles. The summed E-state index contributed by atoms with van der Waals surface area (Å²) in [6.45, 7) is 0.958. The van der Waals surface area contributed by atoms with Crippen LogP contribution in [0.2, 0.25) is 0 Å². The first-order valence-electron chi connectivity index (χ1n) is 10.1. The highest BCUT2D eigenvalue weighted by atomic mass is 35.5. The van der Waals surface area contributed by atoms with E-state index < -0.39 is 0 Å². The predicted molar refractivity (Wildman–Crippen MR) is 113 cm³/mol. The first kappa shape index (κ1) is 23.1. The van der Waals surface area contributed by atoms with Gasteiger partial charge in [0.15, 0.2) is 0 Å². The number of hydrogen-bond acceptors (Lipinski definition) is 1. The molecule has 0 spiro atoms. The molecule has 1 aliphatic rings. The largest absolute Gasteiger partial charge is 1.00 e. The molecule has 0 aromatic heterocycles. The summed E-state index contributed by atoms with van der Waals surface area (Å²) in [6.07, 6.45) is 9.80. The van der Waals surface area contributed by atoms with Crippen molar-refractivity contribution in [1.29, 1.82) is 0 Å². The first-order valence-corrected chi connectivity index (χ1v) is 10.1. The molecule has 1 amide bonds. The molecular weight excluding hydrogens is 387 g/mol. The minimum atomic E-state index is -0.284. The molecule has 0 saturated heterocycles. The van der Waals surface area contributed by atoms with E-state index in [9.17, 15) is 9.18 Å². The van der Waals surface area contributed by atoms with E-state index in [2.05, 4.69) is 31.5 Å². The Bertz CT molecular complexity index is 827. The smallest absolute Gasteiger partial charge is 0.248 e. The van der Waals surface area contributed by atoms with Crippen molar-refractivity contribution in [2.24, 2.45) is 0 Å². The van der Waals surface area contributed by atoms with Gasteiger partial charge in [0.2, 0.25) is 5.91 Å². The summed E-state index contributed by atoms with van der Waals surface area (Å²) >= 11 is 0. The van der Waals surface area contributed by atoms with E-state index in [1.165, 1.54) is 55.9 Å². The highest BCUT2D eigenvalue weighted by Gasteiger charge is 2.29. The summed E-state index contributed by atoms with van der Waals surface area (Å²) in [6, 6.07) is 14.9. The number of halogens is 2. The minimum Gasteiger partial charge on any atom is -1.00 e. The second-order valence-electron chi connectivity index (χ2n) is 8.30. The fourth-order valence-electron chi connectivity index (χ4n) is 4.06. The number of rotatable bonds is 6. The lowest BCUT2D eigenvalue weighted by Gasteiger charge is -2.40. The number of quaternary nitrogens is 1. The van der Waals surface area contributed by atoms with Gasteiger partial charge in [-0.3, -0.25) is 4.79 Å². The summed E-state index contributed by atoms with van der Waals surface area (Å²) in [5.41, 5.74) is 2.82. The fourth-order valence-corrected chi connectivity index (χ4v) is 4.06. The lowest BCUT2D eigenvalue weighted by atomic mass is 9.92. The summed E-state index contributed by atoms with van der Waals surface area (Å²) in [4.78, 5) is 12.2. The minimum absolute atomic E-state index is 0. The standard InChI is InChI=1S/C24H29FN2O.ClH/c1-27(2,23-9-4-3-5-10-23)18-20-7-6-8-22(17-20)26-24(28)16-13-19-11-14-21(25)15-12-19;/h6-8,11-17,23H,3-5,9-10,18H2,1-2H3;1H. The number of hydrogen-bond donors (Lipinski definition) is 1. The monoisotopic (exact) mass is 416 g/mol. The number of nitrogens with zero attached hydrogens (tertiary/aromatic N) is 1. The average molecular weight is 417 g/mol. The van der Waals surface area contributed by atoms with Crippen molar-refractivity contribution in [2.75, 3.05) is 19.4 Å². The van der Waals surface area contributed by atoms with E-state index >= 15 is 0 Å². The second-order valence-corrected chi connectivity index (χ2v) is 8.30. The molecule has 156 valence electrons. The van der Waals surface area contributed by atoms with Gasteiger partial charge in [-0.15, -0.1) is 0 Å². The zero-order valence-electron chi connectivity index (χ0n) is 17.2. The van der Waals surface area contributed by atoms with Crippen LogP contribution >= 0.6 is 0 Å². The van der Waals surface area contributed by atoms with E-state index in [1.807, 2.05) is 12.1 Å². The van der Waals surface area contributed by atoms with Crippen molar-refractivity contribution in [1.82, 2.24) is 0 Å². The van der Waals surface area contributed by atoms with E-state index in [0.29, 0.717) is 6.04 Å². The molecule has 1 aliphatic carbocycles. The fraction of sp³-hybridized carbons (Fsp3) is 0.375. The zero-order chi connectivity index (χ0) is 20.0. The lowest BCUT2D eigenvalue weighted by molar-refractivity contribution is -0.929. The summed E-state index contributed by atoms with van der Waals surface area (Å²) in [5, 5.41) is 2.92. The van der Waals surface area contributed by atoms with Crippen LogP contribution in [0.4, 0.5) is 10.1 Å². The molecule has 0 unspecified atom stereocenters. The Morgan fingerprint density at radius 3 is 2.48 bits per heavy atom. The molecule has 1 saturated carbocycles. The van der Waals surface area contributed by atoms with Crippen LogP contribution in [-0.2, 0) is 11.3 Å². The van der Waals surface area contributed by atoms with Crippen LogP contribution in [-0.4, -0.2) is 30.5 Å². The molecule has 0 radical (unpaired) electrons. The number of amides is 1. The molecule has 2 aromatic carbocycles. The molecule has 0 atom stereocenters. The molecule has 1 N–H and O–H groups in total. The number of anilines is 1. The molecule has 3 rings (SSSR count). The lowest BCUT2D eigenvalue weighted by Crippen LogP contribution is -3.00.